The first-order valence-electron chi connectivity index (χ1n) is 7.67. The average molecular weight is 370 g/mol. The largest absolute Gasteiger partial charge is 0.459 e. The van der Waals surface area contributed by atoms with Crippen LogP contribution < -0.4 is 4.72 Å². The van der Waals surface area contributed by atoms with Crippen molar-refractivity contribution in [2.24, 2.45) is 0 Å². The summed E-state index contributed by atoms with van der Waals surface area (Å²) in [6.45, 7) is 0.624. The van der Waals surface area contributed by atoms with Crippen molar-refractivity contribution in [1.82, 2.24) is 9.62 Å². The molecular weight excluding hydrogens is 354 g/mol. The van der Waals surface area contributed by atoms with E-state index in [2.05, 4.69) is 4.72 Å². The van der Waals surface area contributed by atoms with Crippen LogP contribution in [0, 0.1) is 11.6 Å². The first-order valence-corrected chi connectivity index (χ1v) is 9.16. The summed E-state index contributed by atoms with van der Waals surface area (Å²) in [6, 6.07) is 5.53. The van der Waals surface area contributed by atoms with Crippen LogP contribution in [0.1, 0.15) is 23.4 Å². The predicted molar refractivity (Wildman–Crippen MR) is 84.3 cm³/mol. The Labute approximate surface area is 143 Å². The fraction of sp³-hybridized carbons (Fsp3) is 0.312. The van der Waals surface area contributed by atoms with Gasteiger partial charge in [-0.25, -0.2) is 21.9 Å². The maximum Gasteiger partial charge on any atom is 0.289 e. The minimum absolute atomic E-state index is 0.215. The van der Waals surface area contributed by atoms with Crippen molar-refractivity contribution in [3.63, 3.8) is 0 Å². The molecule has 0 bridgehead atoms. The van der Waals surface area contributed by atoms with Gasteiger partial charge in [-0.2, -0.15) is 0 Å². The van der Waals surface area contributed by atoms with E-state index in [1.807, 2.05) is 0 Å². The third kappa shape index (κ3) is 3.72. The highest BCUT2D eigenvalue weighted by Crippen LogP contribution is 2.21. The van der Waals surface area contributed by atoms with E-state index < -0.39 is 32.6 Å². The molecule has 1 aliphatic heterocycles. The van der Waals surface area contributed by atoms with E-state index in [0.29, 0.717) is 25.9 Å². The number of furan rings is 1. The lowest BCUT2D eigenvalue weighted by Gasteiger charge is -2.31. The van der Waals surface area contributed by atoms with Crippen LogP contribution in [-0.4, -0.2) is 38.4 Å². The first kappa shape index (κ1) is 17.6. The van der Waals surface area contributed by atoms with Gasteiger partial charge in [0.15, 0.2) is 10.7 Å². The highest BCUT2D eigenvalue weighted by molar-refractivity contribution is 7.89. The molecule has 0 atom stereocenters. The molecule has 3 rings (SSSR count). The summed E-state index contributed by atoms with van der Waals surface area (Å²) < 4.78 is 59.3. The molecule has 2 heterocycles. The first-order chi connectivity index (χ1) is 11.9. The van der Waals surface area contributed by atoms with Crippen LogP contribution in [0.4, 0.5) is 8.78 Å². The van der Waals surface area contributed by atoms with Crippen molar-refractivity contribution in [3.8, 4) is 0 Å². The molecule has 1 fully saturated rings. The molecule has 0 saturated carbocycles. The van der Waals surface area contributed by atoms with Crippen LogP contribution >= 0.6 is 0 Å². The molecular formula is C16H16F2N2O4S. The molecule has 0 spiro atoms. The molecule has 0 radical (unpaired) electrons. The number of carbonyl (C=O) groups excluding carboxylic acids is 1. The number of amides is 1. The molecule has 9 heteroatoms. The van der Waals surface area contributed by atoms with Crippen molar-refractivity contribution in [3.05, 3.63) is 54.0 Å². The fourth-order valence-electron chi connectivity index (χ4n) is 2.77. The van der Waals surface area contributed by atoms with Crippen molar-refractivity contribution in [2.75, 3.05) is 13.1 Å². The summed E-state index contributed by atoms with van der Waals surface area (Å²) in [5.41, 5.74) is 0. The van der Waals surface area contributed by atoms with Crippen molar-refractivity contribution in [1.29, 1.82) is 0 Å². The number of nitrogens with zero attached hydrogens (tertiary/aromatic N) is 1. The summed E-state index contributed by atoms with van der Waals surface area (Å²) >= 11 is 0. The fourth-order valence-corrected chi connectivity index (χ4v) is 4.22. The zero-order valence-electron chi connectivity index (χ0n) is 13.1. The molecule has 25 heavy (non-hydrogen) atoms. The number of benzene rings is 1. The van der Waals surface area contributed by atoms with Gasteiger partial charge in [0.2, 0.25) is 10.0 Å². The third-order valence-corrected chi connectivity index (χ3v) is 5.59. The molecule has 6 nitrogen and oxygen atoms in total. The van der Waals surface area contributed by atoms with Gasteiger partial charge in [-0.05, 0) is 37.1 Å². The van der Waals surface area contributed by atoms with Crippen LogP contribution in [0.5, 0.6) is 0 Å². The molecule has 1 aliphatic rings. The van der Waals surface area contributed by atoms with Crippen LogP contribution in [0.15, 0.2) is 45.9 Å². The Morgan fingerprint density at radius 1 is 1.12 bits per heavy atom. The zero-order valence-corrected chi connectivity index (χ0v) is 13.9. The zero-order chi connectivity index (χ0) is 18.0. The normalized spacial score (nSPS) is 16.2. The minimum atomic E-state index is -4.32. The van der Waals surface area contributed by atoms with Crippen molar-refractivity contribution < 1.29 is 26.4 Å². The number of carbonyl (C=O) groups is 1. The molecule has 134 valence electrons. The minimum Gasteiger partial charge on any atom is -0.459 e. The Hall–Kier alpha value is -2.26. The smallest absolute Gasteiger partial charge is 0.289 e. The maximum atomic E-state index is 13.7. The lowest BCUT2D eigenvalue weighted by Crippen LogP contribution is -2.46. The molecule has 0 unspecified atom stereocenters. The molecule has 0 aliphatic carbocycles. The summed E-state index contributed by atoms with van der Waals surface area (Å²) in [6.07, 6.45) is 2.07. The number of nitrogens with one attached hydrogen (secondary N) is 1. The molecule has 1 saturated heterocycles. The number of piperidine rings is 1. The van der Waals surface area contributed by atoms with Crippen LogP contribution in [0.3, 0.4) is 0 Å². The van der Waals surface area contributed by atoms with Gasteiger partial charge in [-0.1, -0.05) is 6.07 Å². The van der Waals surface area contributed by atoms with Crippen LogP contribution in [0.25, 0.3) is 0 Å². The number of halogens is 2. The Balaban J connectivity index is 1.65. The lowest BCUT2D eigenvalue weighted by molar-refractivity contribution is 0.0679. The lowest BCUT2D eigenvalue weighted by atomic mass is 10.1. The Morgan fingerprint density at radius 3 is 2.32 bits per heavy atom. The highest BCUT2D eigenvalue weighted by atomic mass is 32.2. The summed E-state index contributed by atoms with van der Waals surface area (Å²) in [5.74, 6) is -2.34. The quantitative estimate of drug-likeness (QED) is 0.894. The van der Waals surface area contributed by atoms with E-state index in [1.54, 1.807) is 17.0 Å². The summed E-state index contributed by atoms with van der Waals surface area (Å²) in [5, 5.41) is 0. The Morgan fingerprint density at radius 2 is 1.76 bits per heavy atom. The van der Waals surface area contributed by atoms with E-state index >= 15 is 0 Å². The number of rotatable bonds is 4. The van der Waals surface area contributed by atoms with Crippen molar-refractivity contribution >= 4 is 15.9 Å². The van der Waals surface area contributed by atoms with E-state index in [1.165, 1.54) is 6.26 Å². The second-order valence-electron chi connectivity index (χ2n) is 5.72. The standard InChI is InChI=1S/C16H16F2N2O4S/c17-12-3-1-4-13(18)15(12)25(22,23)19-11-6-8-20(9-7-11)16(21)14-5-2-10-24-14/h1-5,10-11,19H,6-9H2. The molecule has 1 aromatic heterocycles. The number of hydrogen-bond acceptors (Lipinski definition) is 4. The van der Waals surface area contributed by atoms with E-state index in [-0.39, 0.29) is 11.7 Å². The van der Waals surface area contributed by atoms with E-state index in [0.717, 1.165) is 18.2 Å². The molecule has 1 N–H and O–H groups in total. The van der Waals surface area contributed by atoms with Gasteiger partial charge in [-0.3, -0.25) is 4.79 Å². The van der Waals surface area contributed by atoms with E-state index in [9.17, 15) is 22.0 Å². The number of sulfonamides is 1. The second-order valence-corrected chi connectivity index (χ2v) is 7.37. The second kappa shape index (κ2) is 6.93. The van der Waals surface area contributed by atoms with Crippen LogP contribution in [-0.2, 0) is 10.0 Å². The SMILES string of the molecule is O=C(c1ccco1)N1CCC(NS(=O)(=O)c2c(F)cccc2F)CC1. The van der Waals surface area contributed by atoms with Gasteiger partial charge >= 0.3 is 0 Å². The van der Waals surface area contributed by atoms with E-state index in [4.69, 9.17) is 4.42 Å². The molecule has 1 aromatic carbocycles. The molecule has 2 aromatic rings. The monoisotopic (exact) mass is 370 g/mol. The third-order valence-electron chi connectivity index (χ3n) is 4.02. The summed E-state index contributed by atoms with van der Waals surface area (Å²) in [7, 11) is -4.32. The van der Waals surface area contributed by atoms with Gasteiger partial charge < -0.3 is 9.32 Å². The van der Waals surface area contributed by atoms with Crippen molar-refractivity contribution in [2.45, 2.75) is 23.8 Å². The van der Waals surface area contributed by atoms with Gasteiger partial charge in [0.1, 0.15) is 11.6 Å². The number of likely N-dealkylation sites (tertiary alicyclic amines) is 1. The van der Waals surface area contributed by atoms with Crippen LogP contribution in [0.2, 0.25) is 0 Å². The highest BCUT2D eigenvalue weighted by Gasteiger charge is 2.30. The molecule has 1 amide bonds. The predicted octanol–water partition coefficient (Wildman–Crippen LogP) is 2.14. The maximum absolute atomic E-state index is 13.7. The summed E-state index contributed by atoms with van der Waals surface area (Å²) in [4.78, 5) is 12.7. The average Bonchev–Trinajstić information content (AvgIpc) is 3.08. The van der Waals surface area contributed by atoms with Gasteiger partial charge in [0.05, 0.1) is 6.26 Å². The topological polar surface area (TPSA) is 79.6 Å². The Kier molecular flexibility index (Phi) is 4.87. The van der Waals surface area contributed by atoms with Gasteiger partial charge in [-0.15, -0.1) is 0 Å². The van der Waals surface area contributed by atoms with Gasteiger partial charge in [0, 0.05) is 19.1 Å². The number of hydrogen-bond donors (Lipinski definition) is 1. The van der Waals surface area contributed by atoms with Gasteiger partial charge in [0.25, 0.3) is 5.91 Å². The Bertz CT molecular complexity index is 840.